The fourth-order valence-corrected chi connectivity index (χ4v) is 3.94. The molecule has 1 aliphatic rings. The third-order valence-electron chi connectivity index (χ3n) is 5.87. The molecule has 0 spiro atoms. The summed E-state index contributed by atoms with van der Waals surface area (Å²) in [4.78, 5) is 22.8. The Hall–Kier alpha value is -3.48. The van der Waals surface area contributed by atoms with E-state index >= 15 is 0 Å². The Morgan fingerprint density at radius 1 is 0.750 bits per heavy atom. The van der Waals surface area contributed by atoms with E-state index in [0.29, 0.717) is 5.82 Å². The minimum absolute atomic E-state index is 0.613. The highest BCUT2D eigenvalue weighted by Gasteiger charge is 2.14. The molecule has 32 heavy (non-hydrogen) atoms. The van der Waals surface area contributed by atoms with E-state index in [1.165, 1.54) is 5.56 Å². The number of pyridine rings is 2. The van der Waals surface area contributed by atoms with Crippen LogP contribution < -0.4 is 0 Å². The monoisotopic (exact) mass is 422 g/mol. The summed E-state index contributed by atoms with van der Waals surface area (Å²) in [5, 5.41) is 0. The van der Waals surface area contributed by atoms with Gasteiger partial charge in [0, 0.05) is 68.6 Å². The molecule has 160 valence electrons. The van der Waals surface area contributed by atoms with Crippen molar-refractivity contribution in [2.45, 2.75) is 6.54 Å². The Morgan fingerprint density at radius 3 is 2.34 bits per heavy atom. The molecule has 0 aliphatic carbocycles. The minimum atomic E-state index is 0.613. The number of nitrogens with zero attached hydrogens (tertiary/aromatic N) is 6. The van der Waals surface area contributed by atoms with Crippen molar-refractivity contribution < 1.29 is 0 Å². The molecule has 0 unspecified atom stereocenters. The molecule has 3 aromatic heterocycles. The molecule has 1 fully saturated rings. The molecule has 0 N–H and O–H groups in total. The highest BCUT2D eigenvalue weighted by Crippen LogP contribution is 2.25. The van der Waals surface area contributed by atoms with Crippen LogP contribution in [0.1, 0.15) is 5.56 Å². The third-order valence-corrected chi connectivity index (χ3v) is 5.87. The molecule has 4 heterocycles. The highest BCUT2D eigenvalue weighted by molar-refractivity contribution is 5.70. The first-order valence-electron chi connectivity index (χ1n) is 10.9. The second kappa shape index (κ2) is 9.34. The SMILES string of the molecule is CN1CCN(Cc2ccc(-c3cncc(-c4ccnc(-c5ccccn5)n4)c3)cc2)CC1. The van der Waals surface area contributed by atoms with Crippen molar-refractivity contribution in [2.75, 3.05) is 33.2 Å². The average Bonchev–Trinajstić information content (AvgIpc) is 2.87. The summed E-state index contributed by atoms with van der Waals surface area (Å²) in [6.07, 6.45) is 7.27. The molecule has 0 saturated carbocycles. The quantitative estimate of drug-likeness (QED) is 0.484. The number of hydrogen-bond acceptors (Lipinski definition) is 6. The van der Waals surface area contributed by atoms with Gasteiger partial charge in [-0.25, -0.2) is 9.97 Å². The molecule has 0 atom stereocenters. The summed E-state index contributed by atoms with van der Waals surface area (Å²) >= 11 is 0. The van der Waals surface area contributed by atoms with Gasteiger partial charge in [0.05, 0.1) is 5.69 Å². The lowest BCUT2D eigenvalue weighted by Gasteiger charge is -2.32. The summed E-state index contributed by atoms with van der Waals surface area (Å²) < 4.78 is 0. The summed E-state index contributed by atoms with van der Waals surface area (Å²) in [5.41, 5.74) is 6.13. The van der Waals surface area contributed by atoms with Crippen molar-refractivity contribution in [1.29, 1.82) is 0 Å². The van der Waals surface area contributed by atoms with Gasteiger partial charge in [0.15, 0.2) is 5.82 Å². The topological polar surface area (TPSA) is 58.0 Å². The molecule has 0 bridgehead atoms. The summed E-state index contributed by atoms with van der Waals surface area (Å²) in [6, 6.07) is 18.6. The maximum atomic E-state index is 4.71. The molecule has 1 aliphatic heterocycles. The van der Waals surface area contributed by atoms with Gasteiger partial charge in [0.25, 0.3) is 0 Å². The fraction of sp³-hybridized carbons (Fsp3) is 0.231. The zero-order valence-corrected chi connectivity index (χ0v) is 18.2. The van der Waals surface area contributed by atoms with Crippen molar-refractivity contribution in [2.24, 2.45) is 0 Å². The maximum absolute atomic E-state index is 4.71. The van der Waals surface area contributed by atoms with Crippen LogP contribution in [0.25, 0.3) is 33.9 Å². The van der Waals surface area contributed by atoms with E-state index in [-0.39, 0.29) is 0 Å². The van der Waals surface area contributed by atoms with E-state index < -0.39 is 0 Å². The smallest absolute Gasteiger partial charge is 0.178 e. The van der Waals surface area contributed by atoms with Gasteiger partial charge in [0.1, 0.15) is 5.69 Å². The zero-order chi connectivity index (χ0) is 21.8. The molecule has 1 aromatic carbocycles. The van der Waals surface area contributed by atoms with Gasteiger partial charge >= 0.3 is 0 Å². The van der Waals surface area contributed by atoms with Gasteiger partial charge in [0.2, 0.25) is 0 Å². The van der Waals surface area contributed by atoms with Crippen LogP contribution >= 0.6 is 0 Å². The van der Waals surface area contributed by atoms with Crippen LogP contribution in [0.4, 0.5) is 0 Å². The fourth-order valence-electron chi connectivity index (χ4n) is 3.94. The van der Waals surface area contributed by atoms with Crippen LogP contribution in [0.2, 0.25) is 0 Å². The minimum Gasteiger partial charge on any atom is -0.304 e. The van der Waals surface area contributed by atoms with Gasteiger partial charge in [-0.3, -0.25) is 14.9 Å². The van der Waals surface area contributed by atoms with Crippen LogP contribution in [-0.4, -0.2) is 63.0 Å². The molecule has 0 radical (unpaired) electrons. The highest BCUT2D eigenvalue weighted by atomic mass is 15.2. The van der Waals surface area contributed by atoms with Gasteiger partial charge in [-0.05, 0) is 42.4 Å². The lowest BCUT2D eigenvalue weighted by Crippen LogP contribution is -2.43. The molecule has 6 nitrogen and oxygen atoms in total. The van der Waals surface area contributed by atoms with E-state index in [1.54, 1.807) is 12.4 Å². The number of likely N-dealkylation sites (N-methyl/N-ethyl adjacent to an activating group) is 1. The van der Waals surface area contributed by atoms with Crippen LogP contribution in [0.15, 0.2) is 79.4 Å². The third kappa shape index (κ3) is 4.72. The van der Waals surface area contributed by atoms with Crippen molar-refractivity contribution in [3.05, 3.63) is 84.9 Å². The molecule has 6 heteroatoms. The predicted octanol–water partition coefficient (Wildman–Crippen LogP) is 4.02. The van der Waals surface area contributed by atoms with Gasteiger partial charge in [-0.15, -0.1) is 0 Å². The van der Waals surface area contributed by atoms with Crippen LogP contribution in [-0.2, 0) is 6.54 Å². The van der Waals surface area contributed by atoms with Gasteiger partial charge in [-0.2, -0.15) is 0 Å². The summed E-state index contributed by atoms with van der Waals surface area (Å²) in [5.74, 6) is 0.613. The van der Waals surface area contributed by atoms with E-state index in [2.05, 4.69) is 62.1 Å². The first-order chi connectivity index (χ1) is 15.7. The van der Waals surface area contributed by atoms with Crippen molar-refractivity contribution in [3.8, 4) is 33.9 Å². The van der Waals surface area contributed by atoms with E-state index in [1.807, 2.05) is 36.7 Å². The number of piperazine rings is 1. The number of aromatic nitrogens is 4. The zero-order valence-electron chi connectivity index (χ0n) is 18.2. The Morgan fingerprint density at radius 2 is 1.56 bits per heavy atom. The van der Waals surface area contributed by atoms with Gasteiger partial charge in [-0.1, -0.05) is 30.3 Å². The first kappa shape index (κ1) is 20.4. The van der Waals surface area contributed by atoms with Crippen molar-refractivity contribution in [1.82, 2.24) is 29.7 Å². The molecule has 4 aromatic rings. The van der Waals surface area contributed by atoms with E-state index in [0.717, 1.165) is 60.8 Å². The summed E-state index contributed by atoms with van der Waals surface area (Å²) in [7, 11) is 2.19. The second-order valence-electron chi connectivity index (χ2n) is 8.22. The molecule has 1 saturated heterocycles. The maximum Gasteiger partial charge on any atom is 0.178 e. The first-order valence-corrected chi connectivity index (χ1v) is 10.9. The van der Waals surface area contributed by atoms with E-state index in [4.69, 9.17) is 4.98 Å². The normalized spacial score (nSPS) is 15.0. The molecule has 0 amide bonds. The van der Waals surface area contributed by atoms with E-state index in [9.17, 15) is 0 Å². The number of benzene rings is 1. The average molecular weight is 423 g/mol. The van der Waals surface area contributed by atoms with Crippen LogP contribution in [0.5, 0.6) is 0 Å². The predicted molar refractivity (Wildman–Crippen MR) is 127 cm³/mol. The lowest BCUT2D eigenvalue weighted by molar-refractivity contribution is 0.148. The summed E-state index contributed by atoms with van der Waals surface area (Å²) in [6.45, 7) is 5.54. The van der Waals surface area contributed by atoms with Crippen molar-refractivity contribution in [3.63, 3.8) is 0 Å². The largest absolute Gasteiger partial charge is 0.304 e. The van der Waals surface area contributed by atoms with Crippen molar-refractivity contribution >= 4 is 0 Å². The number of hydrogen-bond donors (Lipinski definition) is 0. The Labute approximate surface area is 188 Å². The number of rotatable bonds is 5. The second-order valence-corrected chi connectivity index (χ2v) is 8.22. The lowest BCUT2D eigenvalue weighted by atomic mass is 10.0. The Balaban J connectivity index is 1.34. The standard InChI is InChI=1S/C26H26N6/c1-31-12-14-32(15-13-31)19-20-5-7-21(8-6-20)22-16-23(18-27-17-22)24-9-11-29-26(30-24)25-4-2-3-10-28-25/h2-11,16-18H,12-15,19H2,1H3. The Bertz CT molecular complexity index is 1170. The van der Waals surface area contributed by atoms with Crippen LogP contribution in [0.3, 0.4) is 0 Å². The molecule has 5 rings (SSSR count). The molecular formula is C26H26N6. The van der Waals surface area contributed by atoms with Crippen LogP contribution in [0, 0.1) is 0 Å². The Kier molecular flexibility index (Phi) is 5.96. The van der Waals surface area contributed by atoms with Gasteiger partial charge < -0.3 is 4.90 Å². The molecular weight excluding hydrogens is 396 g/mol.